The minimum absolute atomic E-state index is 0.535. The first-order valence-electron chi connectivity index (χ1n) is 2.65. The number of nitrogens with two attached hydrogens (primary N) is 1. The molecule has 48 valence electrons. The molecule has 0 saturated heterocycles. The zero-order chi connectivity index (χ0) is 6.85. The van der Waals surface area contributed by atoms with Gasteiger partial charge >= 0.3 is 0 Å². The molecule has 2 N–H and O–H groups in total. The molecule has 0 atom stereocenters. The van der Waals surface area contributed by atoms with Crippen molar-refractivity contribution in [3.63, 3.8) is 0 Å². The van der Waals surface area contributed by atoms with Crippen molar-refractivity contribution in [1.29, 1.82) is 0 Å². The molecule has 0 aliphatic rings. The van der Waals surface area contributed by atoms with Crippen molar-refractivity contribution in [3.8, 4) is 0 Å². The number of nitrogen functional groups attached to an aromatic ring is 1. The van der Waals surface area contributed by atoms with Crippen molar-refractivity contribution < 1.29 is 0 Å². The lowest BCUT2D eigenvalue weighted by Crippen LogP contribution is -1.87. The highest BCUT2D eigenvalue weighted by molar-refractivity contribution is 5.42. The fourth-order valence-corrected chi connectivity index (χ4v) is 0.694. The maximum Gasteiger partial charge on any atom is 0.142 e. The molecule has 0 aliphatic carbocycles. The second kappa shape index (κ2) is 1.93. The van der Waals surface area contributed by atoms with Gasteiger partial charge in [0, 0.05) is 13.2 Å². The number of hydrogen-bond acceptors (Lipinski definition) is 2. The van der Waals surface area contributed by atoms with Crippen molar-refractivity contribution in [2.24, 2.45) is 7.05 Å². The molecule has 0 saturated carbocycles. The van der Waals surface area contributed by atoms with Crippen molar-refractivity contribution in [1.82, 2.24) is 9.55 Å². The molecule has 0 aliphatic heterocycles. The minimum Gasteiger partial charge on any atom is -0.382 e. The van der Waals surface area contributed by atoms with Gasteiger partial charge in [-0.05, 0) is 6.08 Å². The average molecular weight is 123 g/mol. The summed E-state index contributed by atoms with van der Waals surface area (Å²) in [6.07, 6.45) is 3.41. The lowest BCUT2D eigenvalue weighted by atomic mass is 10.6. The first-order chi connectivity index (χ1) is 4.24. The first-order valence-corrected chi connectivity index (χ1v) is 2.65. The van der Waals surface area contributed by atoms with E-state index in [1.54, 1.807) is 12.3 Å². The van der Waals surface area contributed by atoms with Crippen molar-refractivity contribution in [2.75, 3.05) is 5.73 Å². The zero-order valence-electron chi connectivity index (χ0n) is 5.33. The van der Waals surface area contributed by atoms with E-state index in [2.05, 4.69) is 11.6 Å². The van der Waals surface area contributed by atoms with Gasteiger partial charge in [0.05, 0.1) is 0 Å². The molecule has 0 amide bonds. The highest BCUT2D eigenvalue weighted by Crippen LogP contribution is 2.02. The molecule has 0 radical (unpaired) electrons. The van der Waals surface area contributed by atoms with Crippen LogP contribution in [0.25, 0.3) is 6.08 Å². The van der Waals surface area contributed by atoms with E-state index in [9.17, 15) is 0 Å². The Kier molecular flexibility index (Phi) is 1.26. The highest BCUT2D eigenvalue weighted by atomic mass is 15.1. The van der Waals surface area contributed by atoms with E-state index in [0.29, 0.717) is 5.82 Å². The van der Waals surface area contributed by atoms with Crippen molar-refractivity contribution in [2.45, 2.75) is 0 Å². The topological polar surface area (TPSA) is 43.8 Å². The number of nitrogens with zero attached hydrogens (tertiary/aromatic N) is 2. The summed E-state index contributed by atoms with van der Waals surface area (Å²) < 4.78 is 1.82. The molecule has 0 aromatic carbocycles. The number of aryl methyl sites for hydroxylation is 1. The Bertz CT molecular complexity index is 224. The van der Waals surface area contributed by atoms with E-state index in [1.165, 1.54) is 0 Å². The van der Waals surface area contributed by atoms with Crippen LogP contribution in [0.1, 0.15) is 5.82 Å². The van der Waals surface area contributed by atoms with Gasteiger partial charge < -0.3 is 10.3 Å². The molecule has 0 spiro atoms. The highest BCUT2D eigenvalue weighted by Gasteiger charge is 1.94. The number of aromatic nitrogens is 2. The van der Waals surface area contributed by atoms with Crippen LogP contribution in [0.5, 0.6) is 0 Å². The summed E-state index contributed by atoms with van der Waals surface area (Å²) in [5.41, 5.74) is 5.38. The van der Waals surface area contributed by atoms with E-state index in [4.69, 9.17) is 5.73 Å². The van der Waals surface area contributed by atoms with E-state index >= 15 is 0 Å². The van der Waals surface area contributed by atoms with Crippen LogP contribution in [-0.2, 0) is 7.05 Å². The fraction of sp³-hybridized carbons (Fsp3) is 0.167. The first kappa shape index (κ1) is 5.88. The number of imidazole rings is 1. The smallest absolute Gasteiger partial charge is 0.142 e. The SMILES string of the molecule is C=Cc1nc(N)cn1C. The van der Waals surface area contributed by atoms with Crippen LogP contribution in [0, 0.1) is 0 Å². The summed E-state index contributed by atoms with van der Waals surface area (Å²) in [6, 6.07) is 0. The quantitative estimate of drug-likeness (QED) is 0.595. The van der Waals surface area contributed by atoms with Gasteiger partial charge in [-0.3, -0.25) is 0 Å². The number of rotatable bonds is 1. The van der Waals surface area contributed by atoms with Crippen LogP contribution in [0.15, 0.2) is 12.8 Å². The average Bonchev–Trinajstić information content (AvgIpc) is 2.10. The lowest BCUT2D eigenvalue weighted by Gasteiger charge is -1.88. The molecule has 1 heterocycles. The summed E-state index contributed by atoms with van der Waals surface area (Å²) in [4.78, 5) is 3.95. The molecule has 1 rings (SSSR count). The van der Waals surface area contributed by atoms with Gasteiger partial charge in [-0.1, -0.05) is 6.58 Å². The Morgan fingerprint density at radius 2 is 2.56 bits per heavy atom. The van der Waals surface area contributed by atoms with Crippen LogP contribution < -0.4 is 5.73 Å². The number of hydrogen-bond donors (Lipinski definition) is 1. The Hall–Kier alpha value is -1.25. The molecule has 1 aromatic heterocycles. The van der Waals surface area contributed by atoms with Crippen LogP contribution >= 0.6 is 0 Å². The summed E-state index contributed by atoms with van der Waals surface area (Å²) in [7, 11) is 1.88. The Morgan fingerprint density at radius 1 is 1.89 bits per heavy atom. The minimum atomic E-state index is 0.535. The van der Waals surface area contributed by atoms with Gasteiger partial charge in [0.15, 0.2) is 0 Å². The standard InChI is InChI=1S/C6H9N3/c1-3-6-8-5(7)4-9(6)2/h3-4H,1,7H2,2H3. The summed E-state index contributed by atoms with van der Waals surface area (Å²) in [5.74, 6) is 1.33. The van der Waals surface area contributed by atoms with Gasteiger partial charge in [0.25, 0.3) is 0 Å². The molecule has 9 heavy (non-hydrogen) atoms. The normalized spacial score (nSPS) is 9.44. The van der Waals surface area contributed by atoms with E-state index in [0.717, 1.165) is 5.82 Å². The Balaban J connectivity index is 3.15. The largest absolute Gasteiger partial charge is 0.382 e. The lowest BCUT2D eigenvalue weighted by molar-refractivity contribution is 0.898. The van der Waals surface area contributed by atoms with Crippen molar-refractivity contribution >= 4 is 11.9 Å². The maximum atomic E-state index is 5.38. The molecule has 0 unspecified atom stereocenters. The molecule has 0 fully saturated rings. The molecule has 3 heteroatoms. The second-order valence-electron chi connectivity index (χ2n) is 1.84. The van der Waals surface area contributed by atoms with Gasteiger partial charge in [-0.2, -0.15) is 0 Å². The molecule has 0 bridgehead atoms. The predicted octanol–water partition coefficient (Wildman–Crippen LogP) is 0.645. The Labute approximate surface area is 53.8 Å². The Morgan fingerprint density at radius 3 is 2.78 bits per heavy atom. The molecular formula is C6H9N3. The third-order valence-corrected chi connectivity index (χ3v) is 1.11. The maximum absolute atomic E-state index is 5.38. The second-order valence-corrected chi connectivity index (χ2v) is 1.84. The van der Waals surface area contributed by atoms with Crippen LogP contribution in [0.3, 0.4) is 0 Å². The number of anilines is 1. The van der Waals surface area contributed by atoms with Crippen molar-refractivity contribution in [3.05, 3.63) is 18.6 Å². The predicted molar refractivity (Wildman–Crippen MR) is 37.7 cm³/mol. The third-order valence-electron chi connectivity index (χ3n) is 1.11. The van der Waals surface area contributed by atoms with E-state index in [-0.39, 0.29) is 0 Å². The third kappa shape index (κ3) is 0.937. The van der Waals surface area contributed by atoms with Gasteiger partial charge in [0.1, 0.15) is 11.6 Å². The summed E-state index contributed by atoms with van der Waals surface area (Å²) in [5, 5.41) is 0. The monoisotopic (exact) mass is 123 g/mol. The van der Waals surface area contributed by atoms with E-state index < -0.39 is 0 Å². The molecule has 1 aromatic rings. The van der Waals surface area contributed by atoms with Gasteiger partial charge in [-0.15, -0.1) is 0 Å². The van der Waals surface area contributed by atoms with Gasteiger partial charge in [0.2, 0.25) is 0 Å². The van der Waals surface area contributed by atoms with Gasteiger partial charge in [-0.25, -0.2) is 4.98 Å². The fourth-order valence-electron chi connectivity index (χ4n) is 0.694. The van der Waals surface area contributed by atoms with Crippen LogP contribution in [0.4, 0.5) is 5.82 Å². The van der Waals surface area contributed by atoms with Crippen LogP contribution in [0.2, 0.25) is 0 Å². The van der Waals surface area contributed by atoms with E-state index in [1.807, 2.05) is 11.6 Å². The zero-order valence-corrected chi connectivity index (χ0v) is 5.33. The molecular weight excluding hydrogens is 114 g/mol. The summed E-state index contributed by atoms with van der Waals surface area (Å²) >= 11 is 0. The molecule has 3 nitrogen and oxygen atoms in total. The summed E-state index contributed by atoms with van der Waals surface area (Å²) in [6.45, 7) is 3.57. The van der Waals surface area contributed by atoms with Crippen LogP contribution in [-0.4, -0.2) is 9.55 Å².